The van der Waals surface area contributed by atoms with Crippen molar-refractivity contribution in [1.29, 1.82) is 0 Å². The molecule has 0 aliphatic rings. The van der Waals surface area contributed by atoms with Crippen LogP contribution in [0.1, 0.15) is 12.5 Å². The summed E-state index contributed by atoms with van der Waals surface area (Å²) in [6.07, 6.45) is 0.569. The topological polar surface area (TPSA) is 118 Å². The summed E-state index contributed by atoms with van der Waals surface area (Å²) in [5.41, 5.74) is 1.73. The molecule has 0 unspecified atom stereocenters. The smallest absolute Gasteiger partial charge is 0.341 e. The molecule has 8 nitrogen and oxygen atoms in total. The standard InChI is InChI=1S/C22H19N3O5S/c1-2-12-8-16(19(27)10-18(12)26)21-23-24-22(31)25(21)17-5-3-4-13-6-7-14(9-15(13)17)30-11-20(28)29/h3-10,26-27H,2,11H2,1H3,(H,24,31)(H,28,29). The first kappa shape index (κ1) is 20.5. The van der Waals surface area contributed by atoms with E-state index in [0.717, 1.165) is 10.8 Å². The zero-order valence-corrected chi connectivity index (χ0v) is 17.4. The van der Waals surface area contributed by atoms with Crippen LogP contribution in [0.3, 0.4) is 0 Å². The third kappa shape index (κ3) is 3.87. The number of hydrogen-bond acceptors (Lipinski definition) is 7. The molecule has 0 saturated carbocycles. The van der Waals surface area contributed by atoms with Gasteiger partial charge in [0.2, 0.25) is 0 Å². The van der Waals surface area contributed by atoms with Gasteiger partial charge in [-0.2, -0.15) is 0 Å². The van der Waals surface area contributed by atoms with Crippen molar-refractivity contribution in [3.05, 3.63) is 54.1 Å². The quantitative estimate of drug-likeness (QED) is 0.339. The van der Waals surface area contributed by atoms with Crippen LogP contribution in [0.4, 0.5) is 0 Å². The van der Waals surface area contributed by atoms with Gasteiger partial charge in [-0.3, -0.25) is 4.57 Å². The fraction of sp³-hybridized carbons (Fsp3) is 0.136. The second-order valence-electron chi connectivity index (χ2n) is 6.85. The Hall–Kier alpha value is -3.72. The predicted octanol–water partition coefficient (Wildman–Crippen LogP) is 3.81. The summed E-state index contributed by atoms with van der Waals surface area (Å²) in [5, 5.41) is 39.6. The van der Waals surface area contributed by atoms with Gasteiger partial charge >= 0.3 is 5.97 Å². The first-order valence-corrected chi connectivity index (χ1v) is 9.91. The molecule has 0 aliphatic carbocycles. The monoisotopic (exact) mass is 437 g/mol. The highest BCUT2D eigenvalue weighted by Crippen LogP contribution is 2.37. The van der Waals surface area contributed by atoms with Crippen molar-refractivity contribution in [2.75, 3.05) is 6.61 Å². The number of hydrogen-bond donors (Lipinski definition) is 4. The number of nitrogens with zero attached hydrogens (tertiary/aromatic N) is 3. The van der Waals surface area contributed by atoms with Crippen LogP contribution >= 0.6 is 12.6 Å². The highest BCUT2D eigenvalue weighted by Gasteiger charge is 2.20. The van der Waals surface area contributed by atoms with E-state index in [9.17, 15) is 15.0 Å². The molecule has 0 amide bonds. The molecular formula is C22H19N3O5S. The van der Waals surface area contributed by atoms with Crippen molar-refractivity contribution in [1.82, 2.24) is 14.8 Å². The lowest BCUT2D eigenvalue weighted by Crippen LogP contribution is -2.09. The van der Waals surface area contributed by atoms with Gasteiger partial charge in [-0.25, -0.2) is 4.79 Å². The first-order valence-electron chi connectivity index (χ1n) is 9.46. The maximum Gasteiger partial charge on any atom is 0.341 e. The lowest BCUT2D eigenvalue weighted by atomic mass is 10.0. The second kappa shape index (κ2) is 8.19. The van der Waals surface area contributed by atoms with Crippen LogP contribution in [-0.2, 0) is 11.2 Å². The summed E-state index contributed by atoms with van der Waals surface area (Å²) < 4.78 is 7.01. The van der Waals surface area contributed by atoms with Crippen LogP contribution in [0.15, 0.2) is 53.7 Å². The molecule has 3 N–H and O–H groups in total. The molecule has 9 heteroatoms. The number of aromatic nitrogens is 3. The number of fused-ring (bicyclic) bond motifs is 1. The van der Waals surface area contributed by atoms with Crippen LogP contribution in [0.2, 0.25) is 0 Å². The van der Waals surface area contributed by atoms with E-state index in [1.165, 1.54) is 6.07 Å². The van der Waals surface area contributed by atoms with Crippen molar-refractivity contribution in [3.8, 4) is 34.3 Å². The average Bonchev–Trinajstić information content (AvgIpc) is 3.12. The number of aromatic hydroxyl groups is 2. The number of rotatable bonds is 6. The molecule has 1 heterocycles. The van der Waals surface area contributed by atoms with Gasteiger partial charge in [0.15, 0.2) is 17.6 Å². The summed E-state index contributed by atoms with van der Waals surface area (Å²) in [4.78, 5) is 10.8. The van der Waals surface area contributed by atoms with Crippen LogP contribution in [0.25, 0.3) is 27.8 Å². The molecule has 1 aromatic heterocycles. The number of aliphatic carboxylic acids is 1. The van der Waals surface area contributed by atoms with Gasteiger partial charge in [-0.1, -0.05) is 25.1 Å². The Morgan fingerprint density at radius 1 is 1.10 bits per heavy atom. The summed E-state index contributed by atoms with van der Waals surface area (Å²) in [6, 6.07) is 13.8. The molecule has 0 atom stereocenters. The van der Waals surface area contributed by atoms with E-state index in [1.54, 1.807) is 22.8 Å². The number of phenols is 2. The summed E-state index contributed by atoms with van der Waals surface area (Å²) in [5.74, 6) is -0.449. The third-order valence-electron chi connectivity index (χ3n) is 4.90. The molecule has 3 aromatic carbocycles. The minimum absolute atomic E-state index is 0.00583. The number of ether oxygens (including phenoxy) is 1. The Bertz CT molecular complexity index is 1300. The number of benzene rings is 3. The Morgan fingerprint density at radius 3 is 2.65 bits per heavy atom. The van der Waals surface area contributed by atoms with Crippen LogP contribution in [-0.4, -0.2) is 42.7 Å². The van der Waals surface area contributed by atoms with Crippen LogP contribution in [0, 0.1) is 0 Å². The highest BCUT2D eigenvalue weighted by molar-refractivity contribution is 7.80. The van der Waals surface area contributed by atoms with E-state index in [1.807, 2.05) is 31.2 Å². The van der Waals surface area contributed by atoms with E-state index >= 15 is 0 Å². The SMILES string of the molecule is CCc1cc(-c2nnc(S)n2-c2cccc3ccc(OCC(=O)O)cc23)c(O)cc1O. The minimum Gasteiger partial charge on any atom is -0.508 e. The molecule has 0 radical (unpaired) electrons. The van der Waals surface area contributed by atoms with E-state index < -0.39 is 12.6 Å². The van der Waals surface area contributed by atoms with E-state index in [-0.39, 0.29) is 11.5 Å². The molecule has 31 heavy (non-hydrogen) atoms. The average molecular weight is 437 g/mol. The molecule has 158 valence electrons. The second-order valence-corrected chi connectivity index (χ2v) is 7.25. The molecule has 0 fully saturated rings. The number of aryl methyl sites for hydroxylation is 1. The van der Waals surface area contributed by atoms with E-state index in [0.29, 0.717) is 40.0 Å². The van der Waals surface area contributed by atoms with Crippen molar-refractivity contribution in [2.45, 2.75) is 18.5 Å². The Morgan fingerprint density at radius 2 is 1.90 bits per heavy atom. The third-order valence-corrected chi connectivity index (χ3v) is 5.19. The number of phenolic OH excluding ortho intramolecular Hbond substituents is 2. The maximum atomic E-state index is 10.8. The Kier molecular flexibility index (Phi) is 5.43. The van der Waals surface area contributed by atoms with Gasteiger partial charge in [0.25, 0.3) is 0 Å². The zero-order valence-electron chi connectivity index (χ0n) is 16.5. The summed E-state index contributed by atoms with van der Waals surface area (Å²) >= 11 is 4.45. The molecular weight excluding hydrogens is 418 g/mol. The minimum atomic E-state index is -1.07. The highest BCUT2D eigenvalue weighted by atomic mass is 32.1. The predicted molar refractivity (Wildman–Crippen MR) is 117 cm³/mol. The largest absolute Gasteiger partial charge is 0.508 e. The van der Waals surface area contributed by atoms with E-state index in [4.69, 9.17) is 9.84 Å². The van der Waals surface area contributed by atoms with Gasteiger partial charge in [-0.15, -0.1) is 22.8 Å². The van der Waals surface area contributed by atoms with Crippen molar-refractivity contribution in [2.24, 2.45) is 0 Å². The maximum absolute atomic E-state index is 10.8. The first-order chi connectivity index (χ1) is 14.9. The van der Waals surface area contributed by atoms with Crippen molar-refractivity contribution < 1.29 is 24.9 Å². The normalized spacial score (nSPS) is 11.0. The Balaban J connectivity index is 1.91. The molecule has 4 aromatic rings. The van der Waals surface area contributed by atoms with Gasteiger partial charge in [-0.05, 0) is 41.6 Å². The van der Waals surface area contributed by atoms with Gasteiger partial charge in [0, 0.05) is 11.5 Å². The van der Waals surface area contributed by atoms with Crippen molar-refractivity contribution >= 4 is 29.4 Å². The molecule has 4 rings (SSSR count). The lowest BCUT2D eigenvalue weighted by molar-refractivity contribution is -0.139. The van der Waals surface area contributed by atoms with Crippen LogP contribution in [0.5, 0.6) is 17.2 Å². The van der Waals surface area contributed by atoms with Gasteiger partial charge in [0.05, 0.1) is 11.3 Å². The molecule has 0 saturated heterocycles. The van der Waals surface area contributed by atoms with E-state index in [2.05, 4.69) is 22.8 Å². The van der Waals surface area contributed by atoms with Gasteiger partial charge in [0.1, 0.15) is 17.2 Å². The van der Waals surface area contributed by atoms with Crippen LogP contribution < -0.4 is 4.74 Å². The fourth-order valence-corrected chi connectivity index (χ4v) is 3.67. The summed E-state index contributed by atoms with van der Waals surface area (Å²) in [7, 11) is 0. The number of carbonyl (C=O) groups is 1. The number of thiol groups is 1. The number of carboxylic acids is 1. The van der Waals surface area contributed by atoms with Crippen molar-refractivity contribution in [3.63, 3.8) is 0 Å². The zero-order chi connectivity index (χ0) is 22.1. The Labute approximate surface area is 182 Å². The molecule has 0 spiro atoms. The van der Waals surface area contributed by atoms with Gasteiger partial charge < -0.3 is 20.1 Å². The number of carboxylic acid groups (broad SMARTS) is 1. The fourth-order valence-electron chi connectivity index (χ4n) is 3.42. The lowest BCUT2D eigenvalue weighted by Gasteiger charge is -2.14. The molecule has 0 aliphatic heterocycles. The molecule has 0 bridgehead atoms. The summed E-state index contributed by atoms with van der Waals surface area (Å²) in [6.45, 7) is 1.44.